The second-order valence-corrected chi connectivity index (χ2v) is 3.82. The zero-order valence-corrected chi connectivity index (χ0v) is 10.0. The summed E-state index contributed by atoms with van der Waals surface area (Å²) in [5, 5.41) is 6.39. The van der Waals surface area contributed by atoms with Gasteiger partial charge in [-0.3, -0.25) is 0 Å². The summed E-state index contributed by atoms with van der Waals surface area (Å²) in [5.74, 6) is 1.11. The number of nitrogens with one attached hydrogen (secondary N) is 1. The molecule has 0 aliphatic heterocycles. The molecular formula is C11H11F3N4O. The van der Waals surface area contributed by atoms with Crippen molar-refractivity contribution in [3.63, 3.8) is 0 Å². The molecule has 0 spiro atoms. The van der Waals surface area contributed by atoms with E-state index >= 15 is 0 Å². The van der Waals surface area contributed by atoms with Crippen molar-refractivity contribution in [2.75, 3.05) is 11.9 Å². The second-order valence-electron chi connectivity index (χ2n) is 3.82. The lowest BCUT2D eigenvalue weighted by Crippen LogP contribution is -2.11. The first-order chi connectivity index (χ1) is 8.95. The van der Waals surface area contributed by atoms with Crippen molar-refractivity contribution in [1.29, 1.82) is 0 Å². The van der Waals surface area contributed by atoms with E-state index in [9.17, 15) is 13.2 Å². The number of hydrogen-bond acceptors (Lipinski definition) is 5. The summed E-state index contributed by atoms with van der Waals surface area (Å²) < 4.78 is 42.2. The van der Waals surface area contributed by atoms with E-state index in [1.807, 2.05) is 0 Å². The minimum atomic E-state index is -4.44. The summed E-state index contributed by atoms with van der Waals surface area (Å²) in [7, 11) is 0. The molecule has 2 heterocycles. The Morgan fingerprint density at radius 3 is 2.68 bits per heavy atom. The van der Waals surface area contributed by atoms with Gasteiger partial charge in [0, 0.05) is 13.0 Å². The zero-order valence-electron chi connectivity index (χ0n) is 10.0. The molecule has 8 heteroatoms. The van der Waals surface area contributed by atoms with Crippen molar-refractivity contribution >= 4 is 5.82 Å². The fraction of sp³-hybridized carbons (Fsp3) is 0.364. The topological polar surface area (TPSA) is 63.8 Å². The normalized spacial score (nSPS) is 11.6. The van der Waals surface area contributed by atoms with E-state index in [4.69, 9.17) is 4.52 Å². The highest BCUT2D eigenvalue weighted by Gasteiger charge is 2.32. The summed E-state index contributed by atoms with van der Waals surface area (Å²) in [6.07, 6.45) is -4.03. The van der Waals surface area contributed by atoms with Gasteiger partial charge in [-0.25, -0.2) is 4.98 Å². The number of pyridine rings is 1. The van der Waals surface area contributed by atoms with Crippen LogP contribution in [-0.4, -0.2) is 21.7 Å². The number of halogens is 3. The fourth-order valence-corrected chi connectivity index (χ4v) is 1.43. The molecule has 0 aromatic carbocycles. The van der Waals surface area contributed by atoms with Gasteiger partial charge in [-0.2, -0.15) is 18.2 Å². The number of hydrogen-bond donors (Lipinski definition) is 1. The van der Waals surface area contributed by atoms with Crippen molar-refractivity contribution in [2.24, 2.45) is 0 Å². The maximum atomic E-state index is 12.4. The summed E-state index contributed by atoms with van der Waals surface area (Å²) in [5.41, 5.74) is -0.925. The van der Waals surface area contributed by atoms with Crippen LogP contribution in [0.4, 0.5) is 19.0 Å². The molecule has 1 N–H and O–H groups in total. The molecule has 5 nitrogen and oxygen atoms in total. The third kappa shape index (κ3) is 3.67. The monoisotopic (exact) mass is 272 g/mol. The molecule has 102 valence electrons. The highest BCUT2D eigenvalue weighted by atomic mass is 19.4. The summed E-state index contributed by atoms with van der Waals surface area (Å²) in [4.78, 5) is 7.46. The highest BCUT2D eigenvalue weighted by molar-refractivity contribution is 5.35. The molecular weight excluding hydrogens is 261 g/mol. The molecule has 0 aliphatic carbocycles. The van der Waals surface area contributed by atoms with Crippen molar-refractivity contribution in [2.45, 2.75) is 19.5 Å². The minimum Gasteiger partial charge on any atom is -0.370 e. The quantitative estimate of drug-likeness (QED) is 0.926. The molecule has 0 amide bonds. The van der Waals surface area contributed by atoms with Gasteiger partial charge in [-0.1, -0.05) is 11.2 Å². The highest BCUT2D eigenvalue weighted by Crippen LogP contribution is 2.28. The molecule has 0 fully saturated rings. The predicted molar refractivity (Wildman–Crippen MR) is 60.5 cm³/mol. The van der Waals surface area contributed by atoms with Crippen LogP contribution in [0.3, 0.4) is 0 Å². The summed E-state index contributed by atoms with van der Waals surface area (Å²) in [6, 6.07) is 3.69. The maximum absolute atomic E-state index is 12.4. The van der Waals surface area contributed by atoms with Crippen LogP contribution in [0.1, 0.15) is 17.4 Å². The van der Waals surface area contributed by atoms with Crippen LogP contribution in [0, 0.1) is 6.92 Å². The summed E-state index contributed by atoms with van der Waals surface area (Å²) >= 11 is 0. The van der Waals surface area contributed by atoms with E-state index < -0.39 is 11.9 Å². The largest absolute Gasteiger partial charge is 0.433 e. The molecule has 19 heavy (non-hydrogen) atoms. The van der Waals surface area contributed by atoms with Gasteiger partial charge < -0.3 is 9.84 Å². The number of aromatic nitrogens is 3. The van der Waals surface area contributed by atoms with Gasteiger partial charge in [0.1, 0.15) is 11.5 Å². The average molecular weight is 272 g/mol. The van der Waals surface area contributed by atoms with Crippen molar-refractivity contribution in [1.82, 2.24) is 15.1 Å². The molecule has 0 atom stereocenters. The van der Waals surface area contributed by atoms with Gasteiger partial charge in [0.2, 0.25) is 5.89 Å². The number of anilines is 1. The molecule has 2 aromatic rings. The van der Waals surface area contributed by atoms with Gasteiger partial charge in [-0.05, 0) is 19.1 Å². The van der Waals surface area contributed by atoms with E-state index in [0.29, 0.717) is 24.7 Å². The van der Waals surface area contributed by atoms with Gasteiger partial charge >= 0.3 is 6.18 Å². The van der Waals surface area contributed by atoms with Crippen LogP contribution in [0.5, 0.6) is 0 Å². The van der Waals surface area contributed by atoms with Crippen LogP contribution < -0.4 is 5.32 Å². The lowest BCUT2D eigenvalue weighted by Gasteiger charge is -2.08. The maximum Gasteiger partial charge on any atom is 0.433 e. The molecule has 0 radical (unpaired) electrons. The van der Waals surface area contributed by atoms with Crippen molar-refractivity contribution < 1.29 is 17.7 Å². The third-order valence-electron chi connectivity index (χ3n) is 2.25. The van der Waals surface area contributed by atoms with E-state index in [-0.39, 0.29) is 5.82 Å². The van der Waals surface area contributed by atoms with Crippen LogP contribution in [0.25, 0.3) is 0 Å². The standard InChI is InChI=1S/C11H11F3N4O/c1-7-16-10(19-18-7)5-6-15-9-4-2-3-8(17-9)11(12,13)14/h2-4H,5-6H2,1H3,(H,15,17). The number of aryl methyl sites for hydroxylation is 1. The van der Waals surface area contributed by atoms with Crippen molar-refractivity contribution in [3.8, 4) is 0 Å². The Bertz CT molecular complexity index is 553. The molecule has 0 bridgehead atoms. The van der Waals surface area contributed by atoms with E-state index in [1.54, 1.807) is 6.92 Å². The first-order valence-electron chi connectivity index (χ1n) is 5.52. The first-order valence-corrected chi connectivity index (χ1v) is 5.52. The lowest BCUT2D eigenvalue weighted by atomic mass is 10.3. The zero-order chi connectivity index (χ0) is 13.9. The van der Waals surface area contributed by atoms with E-state index in [2.05, 4.69) is 20.4 Å². The predicted octanol–water partition coefficient (Wildman–Crippen LogP) is 2.45. The second kappa shape index (κ2) is 5.25. The molecule has 0 aliphatic rings. The molecule has 0 saturated heterocycles. The number of alkyl halides is 3. The van der Waals surface area contributed by atoms with Crippen LogP contribution >= 0.6 is 0 Å². The summed E-state index contributed by atoms with van der Waals surface area (Å²) in [6.45, 7) is 2.05. The van der Waals surface area contributed by atoms with Crippen LogP contribution in [0.2, 0.25) is 0 Å². The van der Waals surface area contributed by atoms with E-state index in [0.717, 1.165) is 6.07 Å². The molecule has 2 rings (SSSR count). The average Bonchev–Trinajstić information content (AvgIpc) is 2.74. The van der Waals surface area contributed by atoms with Crippen LogP contribution in [0.15, 0.2) is 22.7 Å². The van der Waals surface area contributed by atoms with Gasteiger partial charge in [0.25, 0.3) is 0 Å². The third-order valence-corrected chi connectivity index (χ3v) is 2.25. The lowest BCUT2D eigenvalue weighted by molar-refractivity contribution is -0.141. The van der Waals surface area contributed by atoms with Gasteiger partial charge in [0.05, 0.1) is 0 Å². The van der Waals surface area contributed by atoms with Gasteiger partial charge in [-0.15, -0.1) is 0 Å². The fourth-order valence-electron chi connectivity index (χ4n) is 1.43. The Balaban J connectivity index is 1.93. The minimum absolute atomic E-state index is 0.158. The SMILES string of the molecule is Cc1noc(CCNc2cccc(C(F)(F)F)n2)n1. The number of rotatable bonds is 4. The smallest absolute Gasteiger partial charge is 0.370 e. The Kier molecular flexibility index (Phi) is 3.68. The molecule has 0 saturated carbocycles. The van der Waals surface area contributed by atoms with Crippen LogP contribution in [-0.2, 0) is 12.6 Å². The Morgan fingerprint density at radius 1 is 1.26 bits per heavy atom. The number of nitrogens with zero attached hydrogens (tertiary/aromatic N) is 3. The Morgan fingerprint density at radius 2 is 2.05 bits per heavy atom. The van der Waals surface area contributed by atoms with Gasteiger partial charge in [0.15, 0.2) is 5.82 Å². The van der Waals surface area contributed by atoms with Crippen molar-refractivity contribution in [3.05, 3.63) is 35.6 Å². The first kappa shape index (κ1) is 13.3. The Hall–Kier alpha value is -2.12. The van der Waals surface area contributed by atoms with E-state index in [1.165, 1.54) is 12.1 Å². The molecule has 0 unspecified atom stereocenters. The Labute approximate surface area is 106 Å². The molecule has 2 aromatic heterocycles.